The molecule has 0 aliphatic carbocycles. The maximum absolute atomic E-state index is 11.8. The van der Waals surface area contributed by atoms with Crippen LogP contribution in [0.5, 0.6) is 0 Å². The number of anilines is 1. The van der Waals surface area contributed by atoms with Crippen molar-refractivity contribution in [2.24, 2.45) is 0 Å². The van der Waals surface area contributed by atoms with E-state index in [0.717, 1.165) is 17.7 Å². The van der Waals surface area contributed by atoms with Crippen molar-refractivity contribution in [1.82, 2.24) is 5.32 Å². The first kappa shape index (κ1) is 16.5. The van der Waals surface area contributed by atoms with Gasteiger partial charge in [-0.1, -0.05) is 18.2 Å². The minimum Gasteiger partial charge on any atom is -0.382 e. The first-order valence-electron chi connectivity index (χ1n) is 7.06. The van der Waals surface area contributed by atoms with Crippen LogP contribution >= 0.6 is 0 Å². The molecule has 1 aromatic rings. The number of nitrogens with one attached hydrogen (secondary N) is 2. The molecule has 0 heterocycles. The van der Waals surface area contributed by atoms with Gasteiger partial charge in [-0.2, -0.15) is 0 Å². The van der Waals surface area contributed by atoms with Crippen molar-refractivity contribution in [3.63, 3.8) is 0 Å². The molecule has 0 atom stereocenters. The standard InChI is InChI=1S/C15H24N2O3/c1-3-19-11-7-10-16-15(18)17-14-9-6-5-8-13(14)12-20-4-2/h5-6,8-9H,3-4,7,10-12H2,1-2H3,(H2,16,17,18). The molecule has 0 aromatic heterocycles. The van der Waals surface area contributed by atoms with Gasteiger partial charge in [-0.25, -0.2) is 4.79 Å². The predicted octanol–water partition coefficient (Wildman–Crippen LogP) is 2.77. The molecule has 0 saturated carbocycles. The number of urea groups is 1. The van der Waals surface area contributed by atoms with E-state index in [1.807, 2.05) is 38.1 Å². The van der Waals surface area contributed by atoms with E-state index in [1.54, 1.807) is 0 Å². The molecule has 5 heteroatoms. The Balaban J connectivity index is 2.37. The third-order valence-corrected chi connectivity index (χ3v) is 2.68. The second kappa shape index (κ2) is 10.2. The van der Waals surface area contributed by atoms with E-state index in [-0.39, 0.29) is 6.03 Å². The lowest BCUT2D eigenvalue weighted by atomic mass is 10.2. The highest BCUT2D eigenvalue weighted by Gasteiger charge is 2.05. The Morgan fingerprint density at radius 1 is 1.15 bits per heavy atom. The van der Waals surface area contributed by atoms with Crippen molar-refractivity contribution < 1.29 is 14.3 Å². The largest absolute Gasteiger partial charge is 0.382 e. The summed E-state index contributed by atoms with van der Waals surface area (Å²) in [7, 11) is 0. The summed E-state index contributed by atoms with van der Waals surface area (Å²) in [5.74, 6) is 0. The van der Waals surface area contributed by atoms with Gasteiger partial charge in [0.25, 0.3) is 0 Å². The van der Waals surface area contributed by atoms with Gasteiger partial charge in [-0.3, -0.25) is 0 Å². The molecule has 0 aliphatic rings. The first-order chi connectivity index (χ1) is 9.77. The normalized spacial score (nSPS) is 10.3. The van der Waals surface area contributed by atoms with Crippen LogP contribution in [0.4, 0.5) is 10.5 Å². The van der Waals surface area contributed by atoms with Crippen LogP contribution < -0.4 is 10.6 Å². The van der Waals surface area contributed by atoms with Gasteiger partial charge in [-0.05, 0) is 26.3 Å². The summed E-state index contributed by atoms with van der Waals surface area (Å²) in [5, 5.41) is 5.64. The molecule has 0 aliphatic heterocycles. The molecule has 0 fully saturated rings. The average Bonchev–Trinajstić information content (AvgIpc) is 2.46. The Bertz CT molecular complexity index is 396. The van der Waals surface area contributed by atoms with Crippen LogP contribution in [0.1, 0.15) is 25.8 Å². The quantitative estimate of drug-likeness (QED) is 0.684. The second-order valence-electron chi connectivity index (χ2n) is 4.23. The Morgan fingerprint density at radius 2 is 1.90 bits per heavy atom. The van der Waals surface area contributed by atoms with Gasteiger partial charge in [0.05, 0.1) is 6.61 Å². The zero-order valence-electron chi connectivity index (χ0n) is 12.3. The molecule has 20 heavy (non-hydrogen) atoms. The van der Waals surface area contributed by atoms with Crippen molar-refractivity contribution in [1.29, 1.82) is 0 Å². The molecular weight excluding hydrogens is 256 g/mol. The highest BCUT2D eigenvalue weighted by molar-refractivity contribution is 5.90. The van der Waals surface area contributed by atoms with Crippen LogP contribution in [0.25, 0.3) is 0 Å². The van der Waals surface area contributed by atoms with Crippen molar-refractivity contribution in [3.05, 3.63) is 29.8 Å². The van der Waals surface area contributed by atoms with Gasteiger partial charge in [0.1, 0.15) is 0 Å². The molecule has 2 N–H and O–H groups in total. The molecule has 0 spiro atoms. The first-order valence-corrected chi connectivity index (χ1v) is 7.06. The van der Waals surface area contributed by atoms with E-state index in [1.165, 1.54) is 0 Å². The summed E-state index contributed by atoms with van der Waals surface area (Å²) < 4.78 is 10.6. The zero-order valence-corrected chi connectivity index (χ0v) is 12.3. The van der Waals surface area contributed by atoms with E-state index in [0.29, 0.717) is 33.0 Å². The molecule has 5 nitrogen and oxygen atoms in total. The SMILES string of the molecule is CCOCCCNC(=O)Nc1ccccc1COCC. The number of carbonyl (C=O) groups excluding carboxylic acids is 1. The second-order valence-corrected chi connectivity index (χ2v) is 4.23. The predicted molar refractivity (Wildman–Crippen MR) is 79.9 cm³/mol. The van der Waals surface area contributed by atoms with Gasteiger partial charge in [0, 0.05) is 37.6 Å². The third-order valence-electron chi connectivity index (χ3n) is 2.68. The summed E-state index contributed by atoms with van der Waals surface area (Å²) in [6, 6.07) is 7.43. The van der Waals surface area contributed by atoms with Gasteiger partial charge in [-0.15, -0.1) is 0 Å². The number of benzene rings is 1. The van der Waals surface area contributed by atoms with Crippen LogP contribution in [0, 0.1) is 0 Å². The number of hydrogen-bond acceptors (Lipinski definition) is 3. The topological polar surface area (TPSA) is 59.6 Å². The minimum atomic E-state index is -0.203. The Hall–Kier alpha value is -1.59. The van der Waals surface area contributed by atoms with E-state index in [2.05, 4.69) is 10.6 Å². The lowest BCUT2D eigenvalue weighted by Crippen LogP contribution is -2.30. The maximum atomic E-state index is 11.8. The van der Waals surface area contributed by atoms with Crippen LogP contribution in [-0.2, 0) is 16.1 Å². The number of para-hydroxylation sites is 1. The molecule has 0 bridgehead atoms. The van der Waals surface area contributed by atoms with Gasteiger partial charge >= 0.3 is 6.03 Å². The fraction of sp³-hybridized carbons (Fsp3) is 0.533. The Labute approximate surface area is 120 Å². The number of carbonyl (C=O) groups is 1. The molecule has 0 unspecified atom stereocenters. The Kier molecular flexibility index (Phi) is 8.42. The third kappa shape index (κ3) is 6.54. The van der Waals surface area contributed by atoms with Crippen LogP contribution in [0.15, 0.2) is 24.3 Å². The highest BCUT2D eigenvalue weighted by atomic mass is 16.5. The summed E-state index contributed by atoms with van der Waals surface area (Å²) in [5.41, 5.74) is 1.75. The smallest absolute Gasteiger partial charge is 0.319 e. The van der Waals surface area contributed by atoms with Gasteiger partial charge in [0.2, 0.25) is 0 Å². The van der Waals surface area contributed by atoms with E-state index >= 15 is 0 Å². The monoisotopic (exact) mass is 280 g/mol. The molecule has 0 radical (unpaired) electrons. The minimum absolute atomic E-state index is 0.203. The van der Waals surface area contributed by atoms with Crippen molar-refractivity contribution in [2.75, 3.05) is 31.7 Å². The molecule has 112 valence electrons. The van der Waals surface area contributed by atoms with E-state index in [9.17, 15) is 4.79 Å². The zero-order chi connectivity index (χ0) is 14.6. The fourth-order valence-electron chi connectivity index (χ4n) is 1.67. The van der Waals surface area contributed by atoms with E-state index in [4.69, 9.17) is 9.47 Å². The molecule has 0 saturated heterocycles. The van der Waals surface area contributed by atoms with E-state index < -0.39 is 0 Å². The molecule has 2 amide bonds. The summed E-state index contributed by atoms with van der Waals surface area (Å²) >= 11 is 0. The van der Waals surface area contributed by atoms with Gasteiger partial charge < -0.3 is 20.1 Å². The number of ether oxygens (including phenoxy) is 2. The summed E-state index contributed by atoms with van der Waals surface area (Å²) in [6.07, 6.45) is 0.807. The highest BCUT2D eigenvalue weighted by Crippen LogP contribution is 2.15. The van der Waals surface area contributed by atoms with Crippen molar-refractivity contribution in [3.8, 4) is 0 Å². The molecule has 1 aromatic carbocycles. The number of hydrogen-bond donors (Lipinski definition) is 2. The van der Waals surface area contributed by atoms with Crippen molar-refractivity contribution in [2.45, 2.75) is 26.9 Å². The average molecular weight is 280 g/mol. The van der Waals surface area contributed by atoms with Crippen LogP contribution in [-0.4, -0.2) is 32.4 Å². The Morgan fingerprint density at radius 3 is 2.65 bits per heavy atom. The van der Waals surface area contributed by atoms with Crippen LogP contribution in [0.2, 0.25) is 0 Å². The van der Waals surface area contributed by atoms with Gasteiger partial charge in [0.15, 0.2) is 0 Å². The maximum Gasteiger partial charge on any atom is 0.319 e. The lowest BCUT2D eigenvalue weighted by Gasteiger charge is -2.12. The van der Waals surface area contributed by atoms with Crippen LogP contribution in [0.3, 0.4) is 0 Å². The fourth-order valence-corrected chi connectivity index (χ4v) is 1.67. The molecule has 1 rings (SSSR count). The lowest BCUT2D eigenvalue weighted by molar-refractivity contribution is 0.134. The summed E-state index contributed by atoms with van der Waals surface area (Å²) in [6.45, 7) is 7.01. The molecular formula is C15H24N2O3. The number of amides is 2. The summed E-state index contributed by atoms with van der Waals surface area (Å²) in [4.78, 5) is 11.8. The van der Waals surface area contributed by atoms with Crippen molar-refractivity contribution >= 4 is 11.7 Å². The number of rotatable bonds is 9.